The molecule has 0 fully saturated rings. The van der Waals surface area contributed by atoms with Crippen molar-refractivity contribution in [2.75, 3.05) is 0 Å². The van der Waals surface area contributed by atoms with Crippen molar-refractivity contribution < 1.29 is 0 Å². The molecule has 0 amide bonds. The monoisotopic (exact) mass is 243 g/mol. The van der Waals surface area contributed by atoms with Gasteiger partial charge in [-0.3, -0.25) is 4.68 Å². The molecule has 1 N–H and O–H groups in total. The fourth-order valence-corrected chi connectivity index (χ4v) is 2.03. The first-order chi connectivity index (χ1) is 8.70. The van der Waals surface area contributed by atoms with Gasteiger partial charge in [0.05, 0.1) is 5.69 Å². The molecule has 2 rings (SSSR count). The lowest BCUT2D eigenvalue weighted by Crippen LogP contribution is -2.20. The zero-order valence-corrected chi connectivity index (χ0v) is 11.4. The Kier molecular flexibility index (Phi) is 4.15. The van der Waals surface area contributed by atoms with E-state index in [1.165, 1.54) is 16.8 Å². The molecule has 0 saturated heterocycles. The maximum Gasteiger partial charge on any atom is 0.0522 e. The molecular formula is C15H21N3. The van der Waals surface area contributed by atoms with Gasteiger partial charge in [0, 0.05) is 25.3 Å². The first-order valence-electron chi connectivity index (χ1n) is 6.51. The van der Waals surface area contributed by atoms with E-state index in [0.29, 0.717) is 6.04 Å². The van der Waals surface area contributed by atoms with Gasteiger partial charge in [0.25, 0.3) is 0 Å². The third kappa shape index (κ3) is 2.99. The molecule has 1 heterocycles. The lowest BCUT2D eigenvalue weighted by Gasteiger charge is -2.15. The zero-order valence-electron chi connectivity index (χ0n) is 11.4. The van der Waals surface area contributed by atoms with Crippen LogP contribution in [0.3, 0.4) is 0 Å². The van der Waals surface area contributed by atoms with Gasteiger partial charge < -0.3 is 5.32 Å². The van der Waals surface area contributed by atoms with Crippen LogP contribution < -0.4 is 5.32 Å². The van der Waals surface area contributed by atoms with Gasteiger partial charge in [-0.15, -0.1) is 0 Å². The van der Waals surface area contributed by atoms with Crippen molar-refractivity contribution in [3.05, 3.63) is 53.3 Å². The van der Waals surface area contributed by atoms with Crippen molar-refractivity contribution in [1.82, 2.24) is 15.1 Å². The Labute approximate surface area is 109 Å². The van der Waals surface area contributed by atoms with E-state index in [1.807, 2.05) is 10.9 Å². The summed E-state index contributed by atoms with van der Waals surface area (Å²) in [6.45, 7) is 8.19. The maximum absolute atomic E-state index is 4.27. The lowest BCUT2D eigenvalue weighted by molar-refractivity contribution is 0.531. The molecule has 18 heavy (non-hydrogen) atoms. The van der Waals surface area contributed by atoms with E-state index in [0.717, 1.165) is 13.1 Å². The SMILES string of the molecule is CCn1nccc1CN[C@@H](C)c1ccc(C)cc1. The van der Waals surface area contributed by atoms with E-state index in [-0.39, 0.29) is 0 Å². The van der Waals surface area contributed by atoms with Crippen LogP contribution in [0.15, 0.2) is 36.5 Å². The summed E-state index contributed by atoms with van der Waals surface area (Å²) in [5, 5.41) is 7.81. The number of aryl methyl sites for hydroxylation is 2. The Morgan fingerprint density at radius 1 is 1.22 bits per heavy atom. The third-order valence-electron chi connectivity index (χ3n) is 3.27. The van der Waals surface area contributed by atoms with Crippen LogP contribution in [-0.2, 0) is 13.1 Å². The van der Waals surface area contributed by atoms with Crippen LogP contribution in [0.25, 0.3) is 0 Å². The van der Waals surface area contributed by atoms with Crippen LogP contribution in [-0.4, -0.2) is 9.78 Å². The molecule has 0 aliphatic heterocycles. The van der Waals surface area contributed by atoms with Gasteiger partial charge >= 0.3 is 0 Å². The normalized spacial score (nSPS) is 12.6. The average molecular weight is 243 g/mol. The minimum absolute atomic E-state index is 0.353. The Morgan fingerprint density at radius 2 is 1.94 bits per heavy atom. The largest absolute Gasteiger partial charge is 0.305 e. The predicted molar refractivity (Wildman–Crippen MR) is 74.3 cm³/mol. The summed E-state index contributed by atoms with van der Waals surface area (Å²) in [5.41, 5.74) is 3.86. The first-order valence-corrected chi connectivity index (χ1v) is 6.51. The van der Waals surface area contributed by atoms with E-state index in [1.54, 1.807) is 0 Å². The molecule has 0 bridgehead atoms. The maximum atomic E-state index is 4.27. The molecule has 0 unspecified atom stereocenters. The smallest absolute Gasteiger partial charge is 0.0522 e. The lowest BCUT2D eigenvalue weighted by atomic mass is 10.1. The number of aromatic nitrogens is 2. The number of rotatable bonds is 5. The highest BCUT2D eigenvalue weighted by atomic mass is 15.3. The Hall–Kier alpha value is -1.61. The molecule has 1 aromatic heterocycles. The summed E-state index contributed by atoms with van der Waals surface area (Å²) in [7, 11) is 0. The van der Waals surface area contributed by atoms with E-state index in [4.69, 9.17) is 0 Å². The molecule has 0 saturated carbocycles. The second kappa shape index (κ2) is 5.83. The van der Waals surface area contributed by atoms with Crippen molar-refractivity contribution >= 4 is 0 Å². The van der Waals surface area contributed by atoms with Crippen molar-refractivity contribution in [1.29, 1.82) is 0 Å². The molecular weight excluding hydrogens is 222 g/mol. The molecule has 3 nitrogen and oxygen atoms in total. The Balaban J connectivity index is 1.96. The van der Waals surface area contributed by atoms with Crippen LogP contribution >= 0.6 is 0 Å². The molecule has 1 atom stereocenters. The standard InChI is InChI=1S/C15H21N3/c1-4-18-15(9-10-17-18)11-16-13(3)14-7-5-12(2)6-8-14/h5-10,13,16H,4,11H2,1-3H3/t13-/m0/s1. The van der Waals surface area contributed by atoms with Crippen molar-refractivity contribution in [2.45, 2.75) is 39.9 Å². The number of hydrogen-bond donors (Lipinski definition) is 1. The van der Waals surface area contributed by atoms with Crippen LogP contribution in [0.2, 0.25) is 0 Å². The number of benzene rings is 1. The first kappa shape index (κ1) is 12.8. The van der Waals surface area contributed by atoms with Gasteiger partial charge in [-0.1, -0.05) is 29.8 Å². The molecule has 0 aliphatic carbocycles. The Morgan fingerprint density at radius 3 is 2.61 bits per heavy atom. The minimum atomic E-state index is 0.353. The number of hydrogen-bond acceptors (Lipinski definition) is 2. The quantitative estimate of drug-likeness (QED) is 0.874. The van der Waals surface area contributed by atoms with E-state index >= 15 is 0 Å². The van der Waals surface area contributed by atoms with E-state index in [9.17, 15) is 0 Å². The topological polar surface area (TPSA) is 29.9 Å². The van der Waals surface area contributed by atoms with Crippen LogP contribution in [0, 0.1) is 6.92 Å². The summed E-state index contributed by atoms with van der Waals surface area (Å²) in [6, 6.07) is 11.1. The Bertz CT molecular complexity index is 485. The van der Waals surface area contributed by atoms with Crippen LogP contribution in [0.1, 0.15) is 36.7 Å². The molecule has 0 spiro atoms. The molecule has 0 radical (unpaired) electrons. The summed E-state index contributed by atoms with van der Waals surface area (Å²) < 4.78 is 2.02. The number of nitrogens with one attached hydrogen (secondary N) is 1. The van der Waals surface area contributed by atoms with Gasteiger partial charge in [-0.05, 0) is 32.4 Å². The summed E-state index contributed by atoms with van der Waals surface area (Å²) in [6.07, 6.45) is 1.86. The molecule has 2 aromatic rings. The summed E-state index contributed by atoms with van der Waals surface area (Å²) in [4.78, 5) is 0. The van der Waals surface area contributed by atoms with E-state index in [2.05, 4.69) is 61.5 Å². The third-order valence-corrected chi connectivity index (χ3v) is 3.27. The molecule has 1 aromatic carbocycles. The summed E-state index contributed by atoms with van der Waals surface area (Å²) >= 11 is 0. The van der Waals surface area contributed by atoms with E-state index < -0.39 is 0 Å². The van der Waals surface area contributed by atoms with Crippen molar-refractivity contribution in [2.24, 2.45) is 0 Å². The van der Waals surface area contributed by atoms with Gasteiger partial charge in [0.15, 0.2) is 0 Å². The summed E-state index contributed by atoms with van der Waals surface area (Å²) in [5.74, 6) is 0. The van der Waals surface area contributed by atoms with Crippen molar-refractivity contribution in [3.63, 3.8) is 0 Å². The predicted octanol–water partition coefficient (Wildman–Crippen LogP) is 3.06. The second-order valence-electron chi connectivity index (χ2n) is 4.65. The minimum Gasteiger partial charge on any atom is -0.305 e. The molecule has 96 valence electrons. The highest BCUT2D eigenvalue weighted by Gasteiger charge is 2.06. The van der Waals surface area contributed by atoms with Gasteiger partial charge in [-0.25, -0.2) is 0 Å². The van der Waals surface area contributed by atoms with Crippen molar-refractivity contribution in [3.8, 4) is 0 Å². The highest BCUT2D eigenvalue weighted by Crippen LogP contribution is 2.13. The zero-order chi connectivity index (χ0) is 13.0. The fraction of sp³-hybridized carbons (Fsp3) is 0.400. The van der Waals surface area contributed by atoms with Crippen LogP contribution in [0.5, 0.6) is 0 Å². The average Bonchev–Trinajstić information content (AvgIpc) is 2.84. The van der Waals surface area contributed by atoms with Gasteiger partial charge in [-0.2, -0.15) is 5.10 Å². The molecule has 3 heteroatoms. The van der Waals surface area contributed by atoms with Gasteiger partial charge in [0.1, 0.15) is 0 Å². The fourth-order valence-electron chi connectivity index (χ4n) is 2.03. The highest BCUT2D eigenvalue weighted by molar-refractivity contribution is 5.23. The second-order valence-corrected chi connectivity index (χ2v) is 4.65. The number of nitrogens with zero attached hydrogens (tertiary/aromatic N) is 2. The molecule has 0 aliphatic rings. The van der Waals surface area contributed by atoms with Gasteiger partial charge in [0.2, 0.25) is 0 Å². The van der Waals surface area contributed by atoms with Crippen LogP contribution in [0.4, 0.5) is 0 Å².